The number of carbonyl (C=O) groups is 4. The summed E-state index contributed by atoms with van der Waals surface area (Å²) in [6.45, 7) is 7.50. The molecule has 41 heavy (non-hydrogen) atoms. The number of epoxide rings is 1. The van der Waals surface area contributed by atoms with Crippen LogP contribution in [-0.2, 0) is 42.9 Å². The van der Waals surface area contributed by atoms with E-state index >= 15 is 0 Å². The second kappa shape index (κ2) is 11.0. The zero-order valence-corrected chi connectivity index (χ0v) is 23.9. The summed E-state index contributed by atoms with van der Waals surface area (Å²) < 4.78 is 30.0. The van der Waals surface area contributed by atoms with Crippen LogP contribution in [0.2, 0.25) is 0 Å². The van der Waals surface area contributed by atoms with Crippen LogP contribution >= 0.6 is 0 Å². The van der Waals surface area contributed by atoms with Gasteiger partial charge in [0, 0.05) is 24.0 Å². The average Bonchev–Trinajstić information content (AvgIpc) is 3.70. The maximum atomic E-state index is 13.7. The van der Waals surface area contributed by atoms with Gasteiger partial charge in [-0.1, -0.05) is 37.6 Å². The molecule has 1 amide bonds. The number of esters is 3. The van der Waals surface area contributed by atoms with Crippen LogP contribution in [0.3, 0.4) is 0 Å². The van der Waals surface area contributed by atoms with Crippen LogP contribution in [0.1, 0.15) is 53.4 Å². The normalized spacial score (nSPS) is 43.2. The van der Waals surface area contributed by atoms with Gasteiger partial charge in [0.15, 0.2) is 0 Å². The number of ether oxygens (including phenoxy) is 5. The van der Waals surface area contributed by atoms with Crippen LogP contribution in [0.15, 0.2) is 36.0 Å². The minimum atomic E-state index is -1.34. The van der Waals surface area contributed by atoms with E-state index in [1.165, 1.54) is 31.2 Å². The van der Waals surface area contributed by atoms with Crippen LogP contribution in [-0.4, -0.2) is 84.8 Å². The molecule has 11 nitrogen and oxygen atoms in total. The summed E-state index contributed by atoms with van der Waals surface area (Å²) in [6, 6.07) is -1.10. The standard InChI is InChI=1S/C30H39NO10/c1-17-9-11-29-15-38-27(36)25(31-26(35)19(3)32)18(2)10-12-37-23(33)7-5-6-8-24(34)41-20-14-22(40-21(29)13-17)30(16-39-30)28(20,29)4/h5-8,13,18-22,25,32H,9-12,14-16H2,1-4H3,(H,31,35)/b7-5+,8-6-/t18-,19+,20-,21-,22-,25-,28-,29-,30+/m1/s1. The van der Waals surface area contributed by atoms with Gasteiger partial charge in [-0.15, -0.1) is 0 Å². The quantitative estimate of drug-likeness (QED) is 0.216. The zero-order chi connectivity index (χ0) is 29.6. The second-order valence-electron chi connectivity index (χ2n) is 12.2. The van der Waals surface area contributed by atoms with Crippen molar-refractivity contribution in [2.45, 2.75) is 89.4 Å². The van der Waals surface area contributed by atoms with E-state index in [0.717, 1.165) is 12.0 Å². The summed E-state index contributed by atoms with van der Waals surface area (Å²) in [5, 5.41) is 12.4. The molecule has 224 valence electrons. The Morgan fingerprint density at radius 2 is 1.80 bits per heavy atom. The Balaban J connectivity index is 1.53. The molecule has 5 aliphatic rings. The molecule has 0 unspecified atom stereocenters. The minimum absolute atomic E-state index is 0.0185. The minimum Gasteiger partial charge on any atom is -0.463 e. The number of allylic oxidation sites excluding steroid dienone is 3. The van der Waals surface area contributed by atoms with E-state index in [0.29, 0.717) is 19.4 Å². The monoisotopic (exact) mass is 573 g/mol. The van der Waals surface area contributed by atoms with Gasteiger partial charge in [-0.05, 0) is 39.0 Å². The first-order valence-corrected chi connectivity index (χ1v) is 14.3. The van der Waals surface area contributed by atoms with Crippen LogP contribution in [0.25, 0.3) is 0 Å². The van der Waals surface area contributed by atoms with Crippen molar-refractivity contribution in [1.29, 1.82) is 0 Å². The fourth-order valence-corrected chi connectivity index (χ4v) is 7.14. The highest BCUT2D eigenvalue weighted by Gasteiger charge is 2.83. The van der Waals surface area contributed by atoms with Crippen molar-refractivity contribution in [3.63, 3.8) is 0 Å². The van der Waals surface area contributed by atoms with Gasteiger partial charge in [0.1, 0.15) is 30.5 Å². The fraction of sp³-hybridized carbons (Fsp3) is 0.667. The molecule has 3 heterocycles. The molecule has 2 N–H and O–H groups in total. The van der Waals surface area contributed by atoms with E-state index in [1.807, 2.05) is 13.8 Å². The first kappa shape index (κ1) is 29.5. The third-order valence-corrected chi connectivity index (χ3v) is 9.84. The Hall–Kier alpha value is -3.02. The van der Waals surface area contributed by atoms with Crippen LogP contribution in [0, 0.1) is 16.7 Å². The number of carbonyl (C=O) groups excluding carboxylic acids is 4. The maximum absolute atomic E-state index is 13.7. The molecular weight excluding hydrogens is 534 g/mol. The largest absolute Gasteiger partial charge is 0.463 e. The smallest absolute Gasteiger partial charge is 0.331 e. The van der Waals surface area contributed by atoms with Gasteiger partial charge in [-0.2, -0.15) is 0 Å². The number of cyclic esters (lactones) is 2. The van der Waals surface area contributed by atoms with E-state index in [2.05, 4.69) is 11.4 Å². The molecule has 2 aliphatic carbocycles. The Labute approximate surface area is 239 Å². The average molecular weight is 574 g/mol. The van der Waals surface area contributed by atoms with Crippen LogP contribution in [0.5, 0.6) is 0 Å². The summed E-state index contributed by atoms with van der Waals surface area (Å²) in [5.74, 6) is -3.07. The lowest BCUT2D eigenvalue weighted by atomic mass is 9.51. The van der Waals surface area contributed by atoms with Crippen molar-refractivity contribution in [2.24, 2.45) is 16.7 Å². The first-order chi connectivity index (χ1) is 19.4. The molecule has 2 saturated heterocycles. The lowest BCUT2D eigenvalue weighted by Crippen LogP contribution is -2.67. The number of amides is 1. The number of hydrogen-bond acceptors (Lipinski definition) is 10. The van der Waals surface area contributed by atoms with E-state index in [9.17, 15) is 24.3 Å². The van der Waals surface area contributed by atoms with E-state index in [1.54, 1.807) is 6.92 Å². The second-order valence-corrected chi connectivity index (χ2v) is 12.2. The van der Waals surface area contributed by atoms with Gasteiger partial charge in [0.2, 0.25) is 5.91 Å². The lowest BCUT2D eigenvalue weighted by molar-refractivity contribution is -0.233. The maximum Gasteiger partial charge on any atom is 0.331 e. The molecule has 0 aromatic rings. The summed E-state index contributed by atoms with van der Waals surface area (Å²) in [7, 11) is 0. The predicted octanol–water partition coefficient (Wildman–Crippen LogP) is 1.68. The number of aliphatic hydroxyl groups excluding tert-OH is 1. The van der Waals surface area contributed by atoms with Gasteiger partial charge in [-0.3, -0.25) is 4.79 Å². The van der Waals surface area contributed by atoms with Crippen LogP contribution < -0.4 is 5.32 Å². The highest BCUT2D eigenvalue weighted by Crippen LogP contribution is 2.72. The predicted molar refractivity (Wildman–Crippen MR) is 143 cm³/mol. The zero-order valence-electron chi connectivity index (χ0n) is 23.9. The SMILES string of the molecule is CC1=C[C@H]2O[C@@H]3C[C@H]4OC(=O)/C=C\C=C\C(=O)OCC[C@@H](C)[C@@H](NC(=O)[C@H](C)O)C(=O)OC[C@@]2(CC1)[C@]4(C)[C@]31CO1. The van der Waals surface area contributed by atoms with Gasteiger partial charge in [-0.25, -0.2) is 14.4 Å². The van der Waals surface area contributed by atoms with Crippen LogP contribution in [0.4, 0.5) is 0 Å². The van der Waals surface area contributed by atoms with Crippen molar-refractivity contribution in [3.05, 3.63) is 36.0 Å². The summed E-state index contributed by atoms with van der Waals surface area (Å²) in [5.41, 5.74) is -1.04. The van der Waals surface area contributed by atoms with E-state index < -0.39 is 70.5 Å². The summed E-state index contributed by atoms with van der Waals surface area (Å²) >= 11 is 0. The van der Waals surface area contributed by atoms with Gasteiger partial charge < -0.3 is 34.1 Å². The highest BCUT2D eigenvalue weighted by atomic mass is 16.6. The topological polar surface area (TPSA) is 150 Å². The van der Waals surface area contributed by atoms with Crippen molar-refractivity contribution in [2.75, 3.05) is 19.8 Å². The fourth-order valence-electron chi connectivity index (χ4n) is 7.14. The van der Waals surface area contributed by atoms with E-state index in [4.69, 9.17) is 23.7 Å². The molecule has 9 atom stereocenters. The number of nitrogens with one attached hydrogen (secondary N) is 1. The van der Waals surface area contributed by atoms with E-state index in [-0.39, 0.29) is 25.7 Å². The van der Waals surface area contributed by atoms with Gasteiger partial charge >= 0.3 is 17.9 Å². The molecule has 0 aromatic carbocycles. The first-order valence-electron chi connectivity index (χ1n) is 14.3. The molecule has 0 aromatic heterocycles. The molecule has 0 radical (unpaired) electrons. The van der Waals surface area contributed by atoms with Crippen molar-refractivity contribution < 1.29 is 48.0 Å². The molecule has 3 fully saturated rings. The third-order valence-electron chi connectivity index (χ3n) is 9.84. The Morgan fingerprint density at radius 3 is 2.49 bits per heavy atom. The summed E-state index contributed by atoms with van der Waals surface area (Å²) in [4.78, 5) is 51.1. The third kappa shape index (κ3) is 5.02. The Morgan fingerprint density at radius 1 is 1.10 bits per heavy atom. The Bertz CT molecular complexity index is 1190. The highest BCUT2D eigenvalue weighted by molar-refractivity contribution is 5.87. The molecule has 3 aliphatic heterocycles. The lowest BCUT2D eigenvalue weighted by Gasteiger charge is -2.58. The van der Waals surface area contributed by atoms with Crippen molar-refractivity contribution >= 4 is 23.8 Å². The molecule has 2 bridgehead atoms. The van der Waals surface area contributed by atoms with Gasteiger partial charge in [0.05, 0.1) is 30.8 Å². The molecular formula is C30H39NO10. The molecule has 5 rings (SSSR count). The molecule has 1 saturated carbocycles. The Kier molecular flexibility index (Phi) is 7.90. The van der Waals surface area contributed by atoms with Crippen molar-refractivity contribution in [1.82, 2.24) is 5.32 Å². The number of hydrogen-bond donors (Lipinski definition) is 2. The van der Waals surface area contributed by atoms with Crippen molar-refractivity contribution in [3.8, 4) is 0 Å². The van der Waals surface area contributed by atoms with Gasteiger partial charge in [0.25, 0.3) is 0 Å². The number of aliphatic hydroxyl groups is 1. The molecule has 2 spiro atoms. The number of rotatable bonds is 2. The summed E-state index contributed by atoms with van der Waals surface area (Å²) in [6.07, 6.45) is 6.75. The molecule has 11 heteroatoms.